The van der Waals surface area contributed by atoms with Gasteiger partial charge in [-0.2, -0.15) is 0 Å². The van der Waals surface area contributed by atoms with Crippen LogP contribution in [0.15, 0.2) is 41.4 Å². The molecule has 0 aliphatic carbocycles. The van der Waals surface area contributed by atoms with Gasteiger partial charge in [0.2, 0.25) is 5.24 Å². The summed E-state index contributed by atoms with van der Waals surface area (Å²) in [5, 5.41) is 19.4. The summed E-state index contributed by atoms with van der Waals surface area (Å²) in [6.45, 7) is 3.88. The standard InChI is InChI=1S/C16H19NO3S/c1-11-8-12(2)17-15(9-11)21(16(18)19)10-13-4-6-14(20-3)7-5-13/h4-9,18-19H,10H2,1-3H3. The van der Waals surface area contributed by atoms with E-state index >= 15 is 0 Å². The van der Waals surface area contributed by atoms with Crippen LogP contribution in [-0.4, -0.2) is 27.5 Å². The molecule has 5 heteroatoms. The van der Waals surface area contributed by atoms with Gasteiger partial charge in [-0.3, -0.25) is 0 Å². The van der Waals surface area contributed by atoms with Crippen molar-refractivity contribution in [1.29, 1.82) is 0 Å². The first kappa shape index (κ1) is 15.7. The predicted molar refractivity (Wildman–Crippen MR) is 86.5 cm³/mol. The van der Waals surface area contributed by atoms with Crippen molar-refractivity contribution in [1.82, 2.24) is 4.98 Å². The maximum Gasteiger partial charge on any atom is 0.211 e. The molecule has 0 bridgehead atoms. The van der Waals surface area contributed by atoms with Crippen molar-refractivity contribution >= 4 is 15.7 Å². The van der Waals surface area contributed by atoms with E-state index in [-0.39, 0.29) is 0 Å². The zero-order chi connectivity index (χ0) is 15.4. The van der Waals surface area contributed by atoms with Gasteiger partial charge in [-0.05, 0) is 49.2 Å². The van der Waals surface area contributed by atoms with Crippen LogP contribution < -0.4 is 4.74 Å². The molecule has 1 aromatic carbocycles. The van der Waals surface area contributed by atoms with Crippen LogP contribution in [0.4, 0.5) is 0 Å². The first-order valence-electron chi connectivity index (χ1n) is 6.53. The lowest BCUT2D eigenvalue weighted by Gasteiger charge is -2.11. The van der Waals surface area contributed by atoms with Gasteiger partial charge >= 0.3 is 0 Å². The summed E-state index contributed by atoms with van der Waals surface area (Å²) in [6, 6.07) is 11.4. The zero-order valence-corrected chi connectivity index (χ0v) is 13.1. The van der Waals surface area contributed by atoms with Crippen molar-refractivity contribution in [3.8, 4) is 5.75 Å². The van der Waals surface area contributed by atoms with Crippen LogP contribution in [0.3, 0.4) is 0 Å². The number of nitrogens with zero attached hydrogens (tertiary/aromatic N) is 1. The minimum Gasteiger partial charge on any atom is -0.497 e. The number of aliphatic hydroxyl groups excluding tert-OH is 1. The molecule has 0 saturated heterocycles. The number of aryl methyl sites for hydroxylation is 2. The second-order valence-corrected chi connectivity index (χ2v) is 6.64. The smallest absolute Gasteiger partial charge is 0.211 e. The van der Waals surface area contributed by atoms with Gasteiger partial charge in [0.1, 0.15) is 5.75 Å². The molecule has 1 atom stereocenters. The van der Waals surface area contributed by atoms with E-state index in [2.05, 4.69) is 4.98 Å². The molecule has 1 aromatic heterocycles. The third kappa shape index (κ3) is 4.14. The van der Waals surface area contributed by atoms with E-state index in [1.807, 2.05) is 50.2 Å². The summed E-state index contributed by atoms with van der Waals surface area (Å²) in [7, 11) is 0.774. The molecule has 0 fully saturated rings. The largest absolute Gasteiger partial charge is 0.497 e. The average molecular weight is 305 g/mol. The van der Waals surface area contributed by atoms with Crippen LogP contribution in [0.1, 0.15) is 16.8 Å². The highest BCUT2D eigenvalue weighted by Crippen LogP contribution is 2.31. The second-order valence-electron chi connectivity index (χ2n) is 4.79. The molecule has 0 amide bonds. The molecule has 0 spiro atoms. The van der Waals surface area contributed by atoms with Crippen molar-refractivity contribution in [2.45, 2.75) is 24.6 Å². The molecule has 0 saturated carbocycles. The van der Waals surface area contributed by atoms with Gasteiger partial charge < -0.3 is 14.9 Å². The minimum absolute atomic E-state index is 0.502. The normalized spacial score (nSPS) is 12.0. The Morgan fingerprint density at radius 1 is 1.14 bits per heavy atom. The number of pyridine rings is 1. The van der Waals surface area contributed by atoms with E-state index in [4.69, 9.17) is 4.74 Å². The highest BCUT2D eigenvalue weighted by atomic mass is 32.2. The second kappa shape index (κ2) is 6.85. The maximum atomic E-state index is 9.63. The van der Waals surface area contributed by atoms with Crippen molar-refractivity contribution in [2.75, 3.05) is 7.11 Å². The summed E-state index contributed by atoms with van der Waals surface area (Å²) in [4.78, 5) is 4.43. The van der Waals surface area contributed by atoms with Gasteiger partial charge in [0.05, 0.1) is 12.1 Å². The lowest BCUT2D eigenvalue weighted by atomic mass is 10.2. The zero-order valence-electron chi connectivity index (χ0n) is 12.3. The monoisotopic (exact) mass is 305 g/mol. The third-order valence-corrected chi connectivity index (χ3v) is 4.79. The van der Waals surface area contributed by atoms with E-state index < -0.39 is 15.7 Å². The summed E-state index contributed by atoms with van der Waals surface area (Å²) < 4.78 is 5.12. The summed E-state index contributed by atoms with van der Waals surface area (Å²) in [5.74, 6) is 1.28. The van der Waals surface area contributed by atoms with E-state index in [9.17, 15) is 10.2 Å². The Kier molecular flexibility index (Phi) is 5.12. The van der Waals surface area contributed by atoms with Gasteiger partial charge in [0.15, 0.2) is 0 Å². The van der Waals surface area contributed by atoms with Crippen molar-refractivity contribution in [2.24, 2.45) is 0 Å². The Bertz CT molecular complexity index is 641. The molecule has 112 valence electrons. The fourth-order valence-electron chi connectivity index (χ4n) is 2.05. The van der Waals surface area contributed by atoms with Crippen LogP contribution in [0.5, 0.6) is 5.75 Å². The highest BCUT2D eigenvalue weighted by molar-refractivity contribution is 8.14. The predicted octanol–water partition coefficient (Wildman–Crippen LogP) is 3.74. The highest BCUT2D eigenvalue weighted by Gasteiger charge is 2.09. The van der Waals surface area contributed by atoms with Gasteiger partial charge in [-0.25, -0.2) is 4.98 Å². The number of aromatic nitrogens is 1. The Morgan fingerprint density at radius 2 is 1.81 bits per heavy atom. The SMILES string of the molecule is COc1ccc(CS(=C(O)O)c2cc(C)cc(C)n2)cc1. The van der Waals surface area contributed by atoms with Crippen LogP contribution in [-0.2, 0) is 5.75 Å². The van der Waals surface area contributed by atoms with Crippen LogP contribution >= 0.6 is 10.5 Å². The maximum absolute atomic E-state index is 9.63. The summed E-state index contributed by atoms with van der Waals surface area (Å²) >= 11 is 0. The van der Waals surface area contributed by atoms with Gasteiger partial charge in [-0.15, -0.1) is 0 Å². The van der Waals surface area contributed by atoms with Crippen molar-refractivity contribution in [3.05, 3.63) is 53.2 Å². The van der Waals surface area contributed by atoms with E-state index in [0.717, 1.165) is 22.6 Å². The number of ether oxygens (including phenoxy) is 1. The average Bonchev–Trinajstić information content (AvgIpc) is 2.44. The third-order valence-electron chi connectivity index (χ3n) is 3.02. The lowest BCUT2D eigenvalue weighted by molar-refractivity contribution is 0.384. The van der Waals surface area contributed by atoms with E-state index in [0.29, 0.717) is 10.8 Å². The fraction of sp³-hybridized carbons (Fsp3) is 0.250. The molecule has 2 aromatic rings. The number of hydrogen-bond donors (Lipinski definition) is 2. The molecule has 0 aliphatic heterocycles. The number of hydrogen-bond acceptors (Lipinski definition) is 2. The van der Waals surface area contributed by atoms with Crippen LogP contribution in [0, 0.1) is 13.8 Å². The number of rotatable bonds is 4. The molecule has 4 nitrogen and oxygen atoms in total. The Morgan fingerprint density at radius 3 is 2.33 bits per heavy atom. The molecule has 21 heavy (non-hydrogen) atoms. The molecular weight excluding hydrogens is 286 g/mol. The molecular formula is C16H19NO3S. The van der Waals surface area contributed by atoms with Crippen molar-refractivity contribution < 1.29 is 14.9 Å². The summed E-state index contributed by atoms with van der Waals surface area (Å²) in [6.07, 6.45) is 0. The molecule has 0 aliphatic rings. The van der Waals surface area contributed by atoms with Crippen molar-refractivity contribution in [3.63, 3.8) is 0 Å². The summed E-state index contributed by atoms with van der Waals surface area (Å²) in [5.41, 5.74) is 2.94. The van der Waals surface area contributed by atoms with Crippen LogP contribution in [0.2, 0.25) is 0 Å². The molecule has 0 radical (unpaired) electrons. The van der Waals surface area contributed by atoms with Crippen LogP contribution in [0.25, 0.3) is 0 Å². The first-order chi connectivity index (χ1) is 9.99. The molecule has 2 N–H and O–H groups in total. The quantitative estimate of drug-likeness (QED) is 0.845. The topological polar surface area (TPSA) is 62.6 Å². The van der Waals surface area contributed by atoms with Gasteiger partial charge in [-0.1, -0.05) is 22.6 Å². The lowest BCUT2D eigenvalue weighted by Crippen LogP contribution is -2.00. The first-order valence-corrected chi connectivity index (χ1v) is 7.93. The number of methoxy groups -OCH3 is 1. The Balaban J connectivity index is 2.33. The molecule has 2 rings (SSSR count). The Labute approximate surface area is 127 Å². The number of benzene rings is 1. The van der Waals surface area contributed by atoms with E-state index in [1.54, 1.807) is 7.11 Å². The van der Waals surface area contributed by atoms with Gasteiger partial charge in [0, 0.05) is 11.4 Å². The fourth-order valence-corrected chi connectivity index (χ4v) is 3.62. The minimum atomic E-state index is -0.844. The molecule has 1 unspecified atom stereocenters. The molecule has 1 heterocycles. The van der Waals surface area contributed by atoms with E-state index in [1.165, 1.54) is 0 Å². The van der Waals surface area contributed by atoms with Gasteiger partial charge in [0.25, 0.3) is 0 Å². The number of aliphatic hydroxyl groups is 2. The Hall–Kier alpha value is -1.69.